The van der Waals surface area contributed by atoms with Crippen molar-refractivity contribution in [3.8, 4) is 17.6 Å². The van der Waals surface area contributed by atoms with Gasteiger partial charge >= 0.3 is 0 Å². The molecular weight excluding hydrogens is 266 g/mol. The van der Waals surface area contributed by atoms with Gasteiger partial charge in [0.1, 0.15) is 23.3 Å². The fraction of sp³-hybridized carbons (Fsp3) is 0.312. The summed E-state index contributed by atoms with van der Waals surface area (Å²) in [7, 11) is 5.16. The number of aromatic nitrogens is 1. The minimum Gasteiger partial charge on any atom is -0.497 e. The number of nitriles is 1. The van der Waals surface area contributed by atoms with Crippen LogP contribution >= 0.6 is 0 Å². The highest BCUT2D eigenvalue weighted by Crippen LogP contribution is 2.29. The quantitative estimate of drug-likeness (QED) is 0.917. The molecule has 0 radical (unpaired) electrons. The largest absolute Gasteiger partial charge is 0.497 e. The topological polar surface area (TPSA) is 59.2 Å². The zero-order valence-corrected chi connectivity index (χ0v) is 12.7. The molecule has 0 aliphatic carbocycles. The van der Waals surface area contributed by atoms with Crippen LogP contribution in [0.3, 0.4) is 0 Å². The second kappa shape index (κ2) is 6.23. The Balaban J connectivity index is 2.22. The molecular formula is C16H19N3O2. The van der Waals surface area contributed by atoms with Crippen LogP contribution in [0.25, 0.3) is 0 Å². The first-order valence-electron chi connectivity index (χ1n) is 6.62. The van der Waals surface area contributed by atoms with Gasteiger partial charge in [0.15, 0.2) is 0 Å². The van der Waals surface area contributed by atoms with Crippen molar-refractivity contribution in [3.63, 3.8) is 0 Å². The van der Waals surface area contributed by atoms with E-state index in [4.69, 9.17) is 14.7 Å². The summed E-state index contributed by atoms with van der Waals surface area (Å²) >= 11 is 0. The first-order valence-corrected chi connectivity index (χ1v) is 6.62. The highest BCUT2D eigenvalue weighted by molar-refractivity contribution is 5.60. The molecule has 1 N–H and O–H groups in total. The second-order valence-electron chi connectivity index (χ2n) is 4.73. The summed E-state index contributed by atoms with van der Waals surface area (Å²) in [6.45, 7) is 2.62. The zero-order valence-electron chi connectivity index (χ0n) is 12.7. The number of hydrogen-bond acceptors (Lipinski definition) is 4. The first-order chi connectivity index (χ1) is 10.1. The standard InChI is InChI=1S/C16H19N3O2/c1-11-12(7-13(9-17)19(11)2)10-18-15-8-14(20-3)5-6-16(15)21-4/h5-8,18H,10H2,1-4H3. The van der Waals surface area contributed by atoms with E-state index in [2.05, 4.69) is 11.4 Å². The summed E-state index contributed by atoms with van der Waals surface area (Å²) in [4.78, 5) is 0. The third-order valence-corrected chi connectivity index (χ3v) is 3.63. The molecule has 0 unspecified atom stereocenters. The van der Waals surface area contributed by atoms with Crippen molar-refractivity contribution < 1.29 is 9.47 Å². The fourth-order valence-corrected chi connectivity index (χ4v) is 2.19. The van der Waals surface area contributed by atoms with Crippen molar-refractivity contribution in [2.45, 2.75) is 13.5 Å². The smallest absolute Gasteiger partial charge is 0.142 e. The van der Waals surface area contributed by atoms with E-state index in [0.29, 0.717) is 12.2 Å². The Bertz CT molecular complexity index is 684. The average molecular weight is 285 g/mol. The van der Waals surface area contributed by atoms with E-state index in [1.165, 1.54) is 0 Å². The molecule has 2 rings (SSSR count). The lowest BCUT2D eigenvalue weighted by atomic mass is 10.2. The van der Waals surface area contributed by atoms with Crippen LogP contribution in [0, 0.1) is 18.3 Å². The first kappa shape index (κ1) is 14.8. The summed E-state index contributed by atoms with van der Waals surface area (Å²) in [6, 6.07) is 9.69. The second-order valence-corrected chi connectivity index (χ2v) is 4.73. The number of methoxy groups -OCH3 is 2. The van der Waals surface area contributed by atoms with Crippen molar-refractivity contribution in [2.75, 3.05) is 19.5 Å². The molecule has 0 saturated carbocycles. The van der Waals surface area contributed by atoms with Crippen LogP contribution in [0.2, 0.25) is 0 Å². The van der Waals surface area contributed by atoms with Gasteiger partial charge in [-0.2, -0.15) is 5.26 Å². The van der Waals surface area contributed by atoms with E-state index >= 15 is 0 Å². The van der Waals surface area contributed by atoms with Crippen molar-refractivity contribution >= 4 is 5.69 Å². The molecule has 0 saturated heterocycles. The zero-order chi connectivity index (χ0) is 15.4. The summed E-state index contributed by atoms with van der Waals surface area (Å²) < 4.78 is 12.5. The Morgan fingerprint density at radius 2 is 2.00 bits per heavy atom. The molecule has 2 aromatic rings. The lowest BCUT2D eigenvalue weighted by Crippen LogP contribution is -2.03. The number of benzene rings is 1. The molecule has 21 heavy (non-hydrogen) atoms. The van der Waals surface area contributed by atoms with Crippen LogP contribution in [0.15, 0.2) is 24.3 Å². The maximum Gasteiger partial charge on any atom is 0.142 e. The normalized spacial score (nSPS) is 10.0. The molecule has 0 aliphatic heterocycles. The molecule has 1 heterocycles. The van der Waals surface area contributed by atoms with E-state index in [-0.39, 0.29) is 0 Å². The molecule has 0 atom stereocenters. The summed E-state index contributed by atoms with van der Waals surface area (Å²) in [5, 5.41) is 12.4. The lowest BCUT2D eigenvalue weighted by molar-refractivity contribution is 0.404. The molecule has 5 heteroatoms. The summed E-state index contributed by atoms with van der Waals surface area (Å²) in [5.74, 6) is 1.52. The number of anilines is 1. The monoisotopic (exact) mass is 285 g/mol. The van der Waals surface area contributed by atoms with Gasteiger partial charge in [-0.25, -0.2) is 0 Å². The fourth-order valence-electron chi connectivity index (χ4n) is 2.19. The van der Waals surface area contributed by atoms with Gasteiger partial charge in [-0.1, -0.05) is 0 Å². The molecule has 110 valence electrons. The Morgan fingerprint density at radius 1 is 1.24 bits per heavy atom. The molecule has 1 aromatic carbocycles. The van der Waals surface area contributed by atoms with Gasteiger partial charge in [0.25, 0.3) is 0 Å². The van der Waals surface area contributed by atoms with Gasteiger partial charge in [-0.15, -0.1) is 0 Å². The van der Waals surface area contributed by atoms with Crippen LogP contribution in [0.4, 0.5) is 5.69 Å². The average Bonchev–Trinajstić information content (AvgIpc) is 2.80. The van der Waals surface area contributed by atoms with Crippen molar-refractivity contribution in [1.29, 1.82) is 5.26 Å². The van der Waals surface area contributed by atoms with Gasteiger partial charge in [0.2, 0.25) is 0 Å². The third-order valence-electron chi connectivity index (χ3n) is 3.63. The van der Waals surface area contributed by atoms with Crippen LogP contribution in [0.5, 0.6) is 11.5 Å². The Labute approximate surface area is 124 Å². The van der Waals surface area contributed by atoms with Crippen LogP contribution < -0.4 is 14.8 Å². The number of ether oxygens (including phenoxy) is 2. The maximum absolute atomic E-state index is 9.06. The van der Waals surface area contributed by atoms with Crippen LogP contribution in [-0.2, 0) is 13.6 Å². The SMILES string of the molecule is COc1ccc(OC)c(NCc2cc(C#N)n(C)c2C)c1. The van der Waals surface area contributed by atoms with Crippen LogP contribution in [0.1, 0.15) is 17.0 Å². The van der Waals surface area contributed by atoms with Crippen molar-refractivity contribution in [3.05, 3.63) is 41.2 Å². The number of hydrogen-bond donors (Lipinski definition) is 1. The van der Waals surface area contributed by atoms with Crippen molar-refractivity contribution in [1.82, 2.24) is 4.57 Å². The van der Waals surface area contributed by atoms with Gasteiger partial charge in [-0.3, -0.25) is 0 Å². The Morgan fingerprint density at radius 3 is 2.57 bits per heavy atom. The van der Waals surface area contributed by atoms with Gasteiger partial charge in [0, 0.05) is 25.4 Å². The number of nitrogens with one attached hydrogen (secondary N) is 1. The lowest BCUT2D eigenvalue weighted by Gasteiger charge is -2.12. The molecule has 1 aromatic heterocycles. The third kappa shape index (κ3) is 2.95. The van der Waals surface area contributed by atoms with Gasteiger partial charge in [0.05, 0.1) is 19.9 Å². The van der Waals surface area contributed by atoms with Gasteiger partial charge < -0.3 is 19.4 Å². The minimum absolute atomic E-state index is 0.616. The molecule has 0 fully saturated rings. The predicted molar refractivity (Wildman–Crippen MR) is 81.7 cm³/mol. The van der Waals surface area contributed by atoms with E-state index in [0.717, 1.165) is 28.4 Å². The maximum atomic E-state index is 9.06. The number of rotatable bonds is 5. The molecule has 0 amide bonds. The molecule has 0 aliphatic rings. The summed E-state index contributed by atoms with van der Waals surface area (Å²) in [5.41, 5.74) is 3.67. The Hall–Kier alpha value is -2.61. The van der Waals surface area contributed by atoms with E-state index in [1.807, 2.05) is 42.8 Å². The van der Waals surface area contributed by atoms with E-state index < -0.39 is 0 Å². The van der Waals surface area contributed by atoms with E-state index in [1.54, 1.807) is 14.2 Å². The van der Waals surface area contributed by atoms with Crippen molar-refractivity contribution in [2.24, 2.45) is 7.05 Å². The predicted octanol–water partition coefficient (Wildman–Crippen LogP) is 2.83. The molecule has 5 nitrogen and oxygen atoms in total. The highest BCUT2D eigenvalue weighted by Gasteiger charge is 2.10. The summed E-state index contributed by atoms with van der Waals surface area (Å²) in [6.07, 6.45) is 0. The van der Waals surface area contributed by atoms with E-state index in [9.17, 15) is 0 Å². The van der Waals surface area contributed by atoms with Gasteiger partial charge in [-0.05, 0) is 30.7 Å². The molecule has 0 spiro atoms. The molecule has 0 bridgehead atoms. The Kier molecular flexibility index (Phi) is 4.39. The van der Waals surface area contributed by atoms with Crippen LogP contribution in [-0.4, -0.2) is 18.8 Å². The minimum atomic E-state index is 0.616. The number of nitrogens with zero attached hydrogens (tertiary/aromatic N) is 2. The highest BCUT2D eigenvalue weighted by atomic mass is 16.5.